The van der Waals surface area contributed by atoms with Crippen molar-refractivity contribution in [2.45, 2.75) is 6.92 Å². The molecule has 0 radical (unpaired) electrons. The van der Waals surface area contributed by atoms with Gasteiger partial charge in [0.15, 0.2) is 0 Å². The van der Waals surface area contributed by atoms with Crippen LogP contribution in [0.3, 0.4) is 0 Å². The zero-order valence-corrected chi connectivity index (χ0v) is 13.0. The zero-order valence-electron chi connectivity index (χ0n) is 13.0. The smallest absolute Gasteiger partial charge is 0.236 e. The summed E-state index contributed by atoms with van der Waals surface area (Å²) in [6.07, 6.45) is 0. The number of para-hydroxylation sites is 1. The number of ether oxygens (including phenoxy) is 1. The number of hydrogen-bond donors (Lipinski definition) is 1. The summed E-state index contributed by atoms with van der Waals surface area (Å²) in [4.78, 5) is 16.1. The van der Waals surface area contributed by atoms with Gasteiger partial charge in [-0.25, -0.2) is 0 Å². The fraction of sp³-hybridized carbons (Fsp3) is 0.562. The van der Waals surface area contributed by atoms with E-state index < -0.39 is 0 Å². The predicted molar refractivity (Wildman–Crippen MR) is 83.6 cm³/mol. The fourth-order valence-corrected chi connectivity index (χ4v) is 2.32. The number of nitrogens with zero attached hydrogens (tertiary/aromatic N) is 2. The van der Waals surface area contributed by atoms with E-state index in [4.69, 9.17) is 4.74 Å². The molecule has 21 heavy (non-hydrogen) atoms. The molecule has 1 saturated heterocycles. The van der Waals surface area contributed by atoms with E-state index in [1.807, 2.05) is 38.2 Å². The number of benzene rings is 1. The number of piperazine rings is 1. The Morgan fingerprint density at radius 2 is 2.05 bits per heavy atom. The largest absolute Gasteiger partial charge is 0.491 e. The van der Waals surface area contributed by atoms with Crippen LogP contribution in [0.5, 0.6) is 5.75 Å². The third-order valence-corrected chi connectivity index (χ3v) is 3.77. The predicted octanol–water partition coefficient (Wildman–Crippen LogP) is 0.737. The molecule has 5 heteroatoms. The van der Waals surface area contributed by atoms with E-state index in [9.17, 15) is 4.79 Å². The summed E-state index contributed by atoms with van der Waals surface area (Å²) in [5, 5.41) is 3.29. The Morgan fingerprint density at radius 3 is 2.76 bits per heavy atom. The molecule has 1 N–H and O–H groups in total. The SMILES string of the molecule is Cc1ccccc1OCCN(C)C(=O)CN1CCNCC1. The summed E-state index contributed by atoms with van der Waals surface area (Å²) >= 11 is 0. The van der Waals surface area contributed by atoms with E-state index >= 15 is 0 Å². The first-order valence-corrected chi connectivity index (χ1v) is 7.52. The third kappa shape index (κ3) is 5.02. The molecule has 1 aromatic rings. The first kappa shape index (κ1) is 15.8. The lowest BCUT2D eigenvalue weighted by atomic mass is 10.2. The lowest BCUT2D eigenvalue weighted by Crippen LogP contribution is -2.48. The van der Waals surface area contributed by atoms with Crippen LogP contribution in [0.15, 0.2) is 24.3 Å². The normalized spacial score (nSPS) is 15.7. The highest BCUT2D eigenvalue weighted by atomic mass is 16.5. The Balaban J connectivity index is 1.70. The van der Waals surface area contributed by atoms with Gasteiger partial charge in [-0.3, -0.25) is 9.69 Å². The van der Waals surface area contributed by atoms with Crippen molar-refractivity contribution in [3.05, 3.63) is 29.8 Å². The van der Waals surface area contributed by atoms with Crippen LogP contribution in [0.1, 0.15) is 5.56 Å². The molecule has 0 atom stereocenters. The number of likely N-dealkylation sites (N-methyl/N-ethyl adjacent to an activating group) is 1. The summed E-state index contributed by atoms with van der Waals surface area (Å²) in [7, 11) is 1.84. The highest BCUT2D eigenvalue weighted by Gasteiger charge is 2.16. The van der Waals surface area contributed by atoms with Crippen LogP contribution in [-0.2, 0) is 4.79 Å². The molecule has 1 aromatic carbocycles. The first-order valence-electron chi connectivity index (χ1n) is 7.52. The molecule has 1 aliphatic rings. The van der Waals surface area contributed by atoms with Gasteiger partial charge in [-0.15, -0.1) is 0 Å². The quantitative estimate of drug-likeness (QED) is 0.839. The minimum Gasteiger partial charge on any atom is -0.491 e. The summed E-state index contributed by atoms with van der Waals surface area (Å²) in [6, 6.07) is 7.93. The standard InChI is InChI=1S/C16H25N3O2/c1-14-5-3-4-6-15(14)21-12-11-18(2)16(20)13-19-9-7-17-8-10-19/h3-6,17H,7-13H2,1-2H3. The summed E-state index contributed by atoms with van der Waals surface area (Å²) < 4.78 is 5.73. The zero-order chi connectivity index (χ0) is 15.1. The van der Waals surface area contributed by atoms with Crippen LogP contribution in [0, 0.1) is 6.92 Å². The van der Waals surface area contributed by atoms with Crippen molar-refractivity contribution in [2.75, 3.05) is 52.9 Å². The van der Waals surface area contributed by atoms with Gasteiger partial charge in [-0.05, 0) is 18.6 Å². The third-order valence-electron chi connectivity index (χ3n) is 3.77. The second kappa shape index (κ2) is 8.00. The number of aryl methyl sites for hydroxylation is 1. The van der Waals surface area contributed by atoms with E-state index in [-0.39, 0.29) is 5.91 Å². The molecule has 5 nitrogen and oxygen atoms in total. The molecule has 0 aliphatic carbocycles. The molecule has 0 bridgehead atoms. The van der Waals surface area contributed by atoms with Crippen LogP contribution in [-0.4, -0.2) is 68.6 Å². The minimum atomic E-state index is 0.158. The fourth-order valence-electron chi connectivity index (χ4n) is 2.32. The first-order chi connectivity index (χ1) is 10.2. The highest BCUT2D eigenvalue weighted by molar-refractivity contribution is 5.78. The molecule has 1 heterocycles. The number of hydrogen-bond acceptors (Lipinski definition) is 4. The van der Waals surface area contributed by atoms with Gasteiger partial charge in [0, 0.05) is 33.2 Å². The van der Waals surface area contributed by atoms with Crippen molar-refractivity contribution in [3.63, 3.8) is 0 Å². The molecule has 1 amide bonds. The van der Waals surface area contributed by atoms with Crippen molar-refractivity contribution in [3.8, 4) is 5.75 Å². The average molecular weight is 291 g/mol. The summed E-state index contributed by atoms with van der Waals surface area (Å²) in [5.74, 6) is 1.05. The number of amides is 1. The Hall–Kier alpha value is -1.59. The van der Waals surface area contributed by atoms with E-state index in [1.165, 1.54) is 0 Å². The maximum absolute atomic E-state index is 12.1. The van der Waals surface area contributed by atoms with Crippen molar-refractivity contribution in [2.24, 2.45) is 0 Å². The Labute approximate surface area is 126 Å². The topological polar surface area (TPSA) is 44.8 Å². The monoisotopic (exact) mass is 291 g/mol. The lowest BCUT2D eigenvalue weighted by Gasteiger charge is -2.28. The Kier molecular flexibility index (Phi) is 6.02. The molecular formula is C16H25N3O2. The van der Waals surface area contributed by atoms with Gasteiger partial charge in [0.25, 0.3) is 0 Å². The minimum absolute atomic E-state index is 0.158. The maximum atomic E-state index is 12.1. The molecule has 0 unspecified atom stereocenters. The van der Waals surface area contributed by atoms with E-state index in [0.29, 0.717) is 19.7 Å². The molecule has 1 aliphatic heterocycles. The van der Waals surface area contributed by atoms with E-state index in [2.05, 4.69) is 10.2 Å². The van der Waals surface area contributed by atoms with Gasteiger partial charge in [0.05, 0.1) is 13.1 Å². The Morgan fingerprint density at radius 1 is 1.33 bits per heavy atom. The van der Waals surface area contributed by atoms with Crippen LogP contribution < -0.4 is 10.1 Å². The molecule has 0 spiro atoms. The second-order valence-corrected chi connectivity index (χ2v) is 5.46. The molecular weight excluding hydrogens is 266 g/mol. The number of carbonyl (C=O) groups is 1. The van der Waals surface area contributed by atoms with Crippen LogP contribution >= 0.6 is 0 Å². The number of rotatable bonds is 6. The van der Waals surface area contributed by atoms with Crippen LogP contribution in [0.25, 0.3) is 0 Å². The van der Waals surface area contributed by atoms with Gasteiger partial charge in [-0.2, -0.15) is 0 Å². The molecule has 1 fully saturated rings. The van der Waals surface area contributed by atoms with E-state index in [0.717, 1.165) is 37.5 Å². The Bertz CT molecular complexity index is 459. The lowest BCUT2D eigenvalue weighted by molar-refractivity contribution is -0.131. The van der Waals surface area contributed by atoms with Crippen molar-refractivity contribution in [1.82, 2.24) is 15.1 Å². The highest BCUT2D eigenvalue weighted by Crippen LogP contribution is 2.15. The molecule has 0 saturated carbocycles. The van der Waals surface area contributed by atoms with E-state index in [1.54, 1.807) is 4.90 Å². The second-order valence-electron chi connectivity index (χ2n) is 5.46. The van der Waals surface area contributed by atoms with Crippen molar-refractivity contribution >= 4 is 5.91 Å². The molecule has 116 valence electrons. The van der Waals surface area contributed by atoms with Crippen LogP contribution in [0.4, 0.5) is 0 Å². The van der Waals surface area contributed by atoms with Crippen molar-refractivity contribution in [1.29, 1.82) is 0 Å². The molecule has 2 rings (SSSR count). The van der Waals surface area contributed by atoms with Gasteiger partial charge in [0.2, 0.25) is 5.91 Å². The van der Waals surface area contributed by atoms with Gasteiger partial charge < -0.3 is 15.0 Å². The maximum Gasteiger partial charge on any atom is 0.236 e. The summed E-state index contributed by atoms with van der Waals surface area (Å²) in [6.45, 7) is 7.48. The molecule has 0 aromatic heterocycles. The summed E-state index contributed by atoms with van der Waals surface area (Å²) in [5.41, 5.74) is 1.12. The van der Waals surface area contributed by atoms with Gasteiger partial charge in [-0.1, -0.05) is 18.2 Å². The number of nitrogens with one attached hydrogen (secondary N) is 1. The van der Waals surface area contributed by atoms with Gasteiger partial charge in [0.1, 0.15) is 12.4 Å². The van der Waals surface area contributed by atoms with Gasteiger partial charge >= 0.3 is 0 Å². The average Bonchev–Trinajstić information content (AvgIpc) is 2.50. The van der Waals surface area contributed by atoms with Crippen molar-refractivity contribution < 1.29 is 9.53 Å². The number of carbonyl (C=O) groups excluding carboxylic acids is 1. The van der Waals surface area contributed by atoms with Crippen LogP contribution in [0.2, 0.25) is 0 Å².